The maximum atomic E-state index is 11.0. The van der Waals surface area contributed by atoms with Crippen LogP contribution in [0.2, 0.25) is 0 Å². The highest BCUT2D eigenvalue weighted by Crippen LogP contribution is 2.77. The van der Waals surface area contributed by atoms with Crippen LogP contribution < -0.4 is 0 Å². The van der Waals surface area contributed by atoms with Gasteiger partial charge in [0, 0.05) is 12.4 Å². The highest BCUT2D eigenvalue weighted by atomic mass is 32.2. The van der Waals surface area contributed by atoms with E-state index in [-0.39, 0.29) is 16.9 Å². The molecule has 3 heteroatoms. The lowest BCUT2D eigenvalue weighted by atomic mass is 9.32. The number of unbranched alkanes of at least 4 members (excludes halogenated alkanes) is 1. The first-order valence-corrected chi connectivity index (χ1v) is 17.1. The van der Waals surface area contributed by atoms with Crippen molar-refractivity contribution in [1.29, 1.82) is 0 Å². The van der Waals surface area contributed by atoms with Gasteiger partial charge in [0.25, 0.3) is 0 Å². The fourth-order valence-electron chi connectivity index (χ4n) is 12.0. The smallest absolute Gasteiger partial charge is 0.0594 e. The number of thioether (sulfide) groups is 1. The third-order valence-electron chi connectivity index (χ3n) is 14.4. The Hall–Kier alpha value is 0.01000. The Labute approximate surface area is 233 Å². The van der Waals surface area contributed by atoms with Gasteiger partial charge >= 0.3 is 0 Å². The Balaban J connectivity index is 1.45. The topological polar surface area (TPSA) is 40.5 Å². The second-order valence-corrected chi connectivity index (χ2v) is 16.9. The molecule has 5 saturated carbocycles. The van der Waals surface area contributed by atoms with E-state index in [1.165, 1.54) is 82.0 Å². The number of rotatable bonds is 7. The molecule has 0 aromatic heterocycles. The summed E-state index contributed by atoms with van der Waals surface area (Å²) in [4.78, 5) is 0. The molecule has 37 heavy (non-hydrogen) atoms. The van der Waals surface area contributed by atoms with Crippen LogP contribution in [0.3, 0.4) is 0 Å². The van der Waals surface area contributed by atoms with E-state index in [1.807, 2.05) is 0 Å². The van der Waals surface area contributed by atoms with Crippen LogP contribution in [0, 0.1) is 56.7 Å². The second-order valence-electron chi connectivity index (χ2n) is 15.8. The van der Waals surface area contributed by atoms with E-state index in [4.69, 9.17) is 6.58 Å². The van der Waals surface area contributed by atoms with Gasteiger partial charge in [0.05, 0.1) is 6.10 Å². The number of aliphatic hydroxyl groups excluding tert-OH is 2. The van der Waals surface area contributed by atoms with Gasteiger partial charge in [-0.15, -0.1) is 0 Å². The first kappa shape index (κ1) is 28.5. The van der Waals surface area contributed by atoms with E-state index in [2.05, 4.69) is 53.3 Å². The first-order chi connectivity index (χ1) is 17.4. The minimum atomic E-state index is -0.151. The SMILES string of the molecule is C=C(CSCCCC)[C@@H]1CC[C@]2(CO)CC[C@]3(C)[C@H](CC[C@@H]4[C@@]5(C)CC[C@H](O)C(C)(C)[C@@H]5CC[C@]43C)[C@@H]12. The summed E-state index contributed by atoms with van der Waals surface area (Å²) in [6, 6.07) is 0. The van der Waals surface area contributed by atoms with Crippen molar-refractivity contribution < 1.29 is 10.2 Å². The van der Waals surface area contributed by atoms with Crippen LogP contribution >= 0.6 is 11.8 Å². The summed E-state index contributed by atoms with van der Waals surface area (Å²) in [5.41, 5.74) is 2.67. The molecule has 0 spiro atoms. The number of fused-ring (bicyclic) bond motifs is 7. The molecule has 0 amide bonds. The molecule has 5 aliphatic carbocycles. The molecule has 0 aromatic carbocycles. The Morgan fingerprint density at radius 2 is 1.62 bits per heavy atom. The van der Waals surface area contributed by atoms with Crippen LogP contribution in [-0.2, 0) is 0 Å². The Bertz CT molecular complexity index is 868. The molecule has 0 bridgehead atoms. The van der Waals surface area contributed by atoms with E-state index < -0.39 is 0 Å². The van der Waals surface area contributed by atoms with Gasteiger partial charge in [-0.1, -0.05) is 60.1 Å². The Morgan fingerprint density at radius 3 is 2.32 bits per heavy atom. The highest BCUT2D eigenvalue weighted by molar-refractivity contribution is 7.99. The second kappa shape index (κ2) is 9.83. The summed E-state index contributed by atoms with van der Waals surface area (Å²) >= 11 is 2.09. The molecular formula is C34H58O2S. The van der Waals surface area contributed by atoms with Crippen LogP contribution in [0.4, 0.5) is 0 Å². The molecule has 5 rings (SSSR count). The van der Waals surface area contributed by atoms with E-state index in [1.54, 1.807) is 0 Å². The maximum absolute atomic E-state index is 11.0. The number of hydrogen-bond acceptors (Lipinski definition) is 3. The molecule has 0 heterocycles. The molecule has 0 unspecified atom stereocenters. The zero-order valence-electron chi connectivity index (χ0n) is 25.1. The molecule has 2 N–H and O–H groups in total. The van der Waals surface area contributed by atoms with Gasteiger partial charge in [0.15, 0.2) is 0 Å². The fourth-order valence-corrected chi connectivity index (χ4v) is 13.1. The zero-order valence-corrected chi connectivity index (χ0v) is 25.9. The van der Waals surface area contributed by atoms with Crippen molar-refractivity contribution in [2.45, 2.75) is 125 Å². The average molecular weight is 531 g/mol. The fraction of sp³-hybridized carbons (Fsp3) is 0.941. The van der Waals surface area contributed by atoms with E-state index >= 15 is 0 Å². The van der Waals surface area contributed by atoms with Gasteiger partial charge in [-0.2, -0.15) is 11.8 Å². The van der Waals surface area contributed by atoms with E-state index in [9.17, 15) is 10.2 Å². The quantitative estimate of drug-likeness (QED) is 0.256. The number of aliphatic hydroxyl groups is 2. The minimum Gasteiger partial charge on any atom is -0.396 e. The van der Waals surface area contributed by atoms with Gasteiger partial charge in [-0.05, 0) is 133 Å². The summed E-state index contributed by atoms with van der Waals surface area (Å²) < 4.78 is 0. The highest BCUT2D eigenvalue weighted by Gasteiger charge is 2.70. The molecular weight excluding hydrogens is 472 g/mol. The normalized spacial score (nSPS) is 50.5. The summed E-state index contributed by atoms with van der Waals surface area (Å²) in [6.07, 6.45) is 14.8. The van der Waals surface area contributed by atoms with Crippen molar-refractivity contribution in [1.82, 2.24) is 0 Å². The Kier molecular flexibility index (Phi) is 7.58. The maximum Gasteiger partial charge on any atom is 0.0594 e. The molecule has 0 radical (unpaired) electrons. The largest absolute Gasteiger partial charge is 0.396 e. The van der Waals surface area contributed by atoms with Gasteiger partial charge in [-0.25, -0.2) is 0 Å². The minimum absolute atomic E-state index is 0.0222. The van der Waals surface area contributed by atoms with Crippen LogP contribution in [0.5, 0.6) is 0 Å². The molecule has 10 atom stereocenters. The van der Waals surface area contributed by atoms with Crippen molar-refractivity contribution in [3.05, 3.63) is 12.2 Å². The summed E-state index contributed by atoms with van der Waals surface area (Å²) in [6.45, 7) is 20.1. The standard InChI is InChI=1S/C34H58O2S/c1-8-9-20-37-21-23(2)24-12-17-34(22-35)19-18-32(6)25(29(24)34)10-11-27-31(5)15-14-28(36)30(3,4)26(31)13-16-33(27,32)7/h24-29,35-36H,2,8-22H2,1,3-7H3/t24-,25+,26-,27+,28-,29+,31-,32+,33+,34+/m0/s1. The van der Waals surface area contributed by atoms with Crippen molar-refractivity contribution in [2.24, 2.45) is 56.7 Å². The molecule has 5 aliphatic rings. The Morgan fingerprint density at radius 1 is 0.865 bits per heavy atom. The van der Waals surface area contributed by atoms with Gasteiger partial charge in [-0.3, -0.25) is 0 Å². The van der Waals surface area contributed by atoms with E-state index in [0.717, 1.165) is 18.1 Å². The molecule has 0 aromatic rings. The molecule has 212 valence electrons. The monoisotopic (exact) mass is 530 g/mol. The number of hydrogen-bond donors (Lipinski definition) is 2. The lowest BCUT2D eigenvalue weighted by Gasteiger charge is -2.73. The van der Waals surface area contributed by atoms with Crippen molar-refractivity contribution in [3.8, 4) is 0 Å². The zero-order chi connectivity index (χ0) is 26.9. The van der Waals surface area contributed by atoms with Crippen molar-refractivity contribution >= 4 is 11.8 Å². The lowest BCUT2D eigenvalue weighted by Crippen LogP contribution is -2.66. The predicted octanol–water partition coefficient (Wildman–Crippen LogP) is 8.51. The van der Waals surface area contributed by atoms with Crippen LogP contribution in [0.15, 0.2) is 12.2 Å². The molecule has 2 nitrogen and oxygen atoms in total. The third kappa shape index (κ3) is 4.00. The summed E-state index contributed by atoms with van der Waals surface area (Å²) in [5.74, 6) is 5.67. The van der Waals surface area contributed by atoms with Gasteiger partial charge in [0.2, 0.25) is 0 Å². The lowest BCUT2D eigenvalue weighted by molar-refractivity contribution is -0.249. The molecule has 0 aliphatic heterocycles. The first-order valence-electron chi connectivity index (χ1n) is 16.0. The summed E-state index contributed by atoms with van der Waals surface area (Å²) in [7, 11) is 0. The molecule has 5 fully saturated rings. The van der Waals surface area contributed by atoms with Crippen molar-refractivity contribution in [2.75, 3.05) is 18.1 Å². The van der Waals surface area contributed by atoms with Crippen molar-refractivity contribution in [3.63, 3.8) is 0 Å². The predicted molar refractivity (Wildman–Crippen MR) is 159 cm³/mol. The van der Waals surface area contributed by atoms with E-state index in [0.29, 0.717) is 46.5 Å². The van der Waals surface area contributed by atoms with Crippen LogP contribution in [0.1, 0.15) is 119 Å². The third-order valence-corrected chi connectivity index (χ3v) is 15.5. The van der Waals surface area contributed by atoms with Gasteiger partial charge in [0.1, 0.15) is 0 Å². The van der Waals surface area contributed by atoms with Gasteiger partial charge < -0.3 is 10.2 Å². The average Bonchev–Trinajstić information content (AvgIpc) is 3.25. The van der Waals surface area contributed by atoms with Crippen LogP contribution in [0.25, 0.3) is 0 Å². The molecule has 0 saturated heterocycles. The van der Waals surface area contributed by atoms with Crippen LogP contribution in [-0.4, -0.2) is 34.4 Å². The summed E-state index contributed by atoms with van der Waals surface area (Å²) in [5, 5.41) is 21.9.